The van der Waals surface area contributed by atoms with E-state index in [-0.39, 0.29) is 81.5 Å². The third kappa shape index (κ3) is 8.94. The topological polar surface area (TPSA) is 158 Å². The molecule has 59 heavy (non-hydrogen) atoms. The first-order chi connectivity index (χ1) is 27.3. The highest BCUT2D eigenvalue weighted by molar-refractivity contribution is 5.69. The standard InChI is InChI=1S/C47H74O12/c1-26(15-16-35(55-28(3)49)40(59-32(7)53)38(58-31(6)52)25-54-27(2)48)33-17-21-44(10)34(33)18-22-46(12)39(44)23-36(56-29(4)50)42-45(11)20-14-19-43(8,9)41(45)37(57-30(5)51)24-47(42,46)13/h26,33-42H,14-25H2,1-13H3/t26?,33-,34?,35-,36-,37+,38+,39-,40-,41?,42-,44+,45+,46-,47-/m1/s1. The lowest BCUT2D eigenvalue weighted by molar-refractivity contribution is -0.297. The van der Waals surface area contributed by atoms with E-state index >= 15 is 0 Å². The minimum atomic E-state index is -1.19. The second kappa shape index (κ2) is 17.3. The molecule has 0 aromatic carbocycles. The predicted octanol–water partition coefficient (Wildman–Crippen LogP) is 8.34. The molecular formula is C47H74O12. The molecule has 12 heteroatoms. The van der Waals surface area contributed by atoms with Crippen LogP contribution in [-0.4, -0.2) is 72.9 Å². The maximum absolute atomic E-state index is 13.0. The zero-order valence-corrected chi connectivity index (χ0v) is 38.2. The van der Waals surface area contributed by atoms with Gasteiger partial charge in [0.15, 0.2) is 12.2 Å². The molecule has 0 heterocycles. The van der Waals surface area contributed by atoms with Crippen LogP contribution in [0.3, 0.4) is 0 Å². The average Bonchev–Trinajstić information content (AvgIpc) is 3.43. The number of ether oxygens (including phenoxy) is 6. The second-order valence-corrected chi connectivity index (χ2v) is 21.0. The van der Waals surface area contributed by atoms with Gasteiger partial charge in [-0.3, -0.25) is 28.8 Å². The molecule has 5 rings (SSSR count). The SMILES string of the molecule is CC(=O)OC[C@H](OC(C)=O)[C@H](OC(C)=O)[C@@H](CCC(C)[C@H]1CC[C@@]2(C)C1CC[C@]1(C)[C@@H]2C[C@@H](OC(C)=O)[C@@H]2[C@@]3(C)CCCC(C)(C)C3[C@@H](OC(C)=O)C[C@]21C)OC(C)=O. The van der Waals surface area contributed by atoms with Gasteiger partial charge < -0.3 is 28.4 Å². The van der Waals surface area contributed by atoms with Crippen molar-refractivity contribution in [2.75, 3.05) is 6.61 Å². The van der Waals surface area contributed by atoms with E-state index < -0.39 is 42.2 Å². The maximum Gasteiger partial charge on any atom is 0.303 e. The largest absolute Gasteiger partial charge is 0.462 e. The molecular weight excluding hydrogens is 757 g/mol. The molecule has 0 aliphatic heterocycles. The van der Waals surface area contributed by atoms with Crippen molar-refractivity contribution in [1.82, 2.24) is 0 Å². The van der Waals surface area contributed by atoms with Gasteiger partial charge in [0.2, 0.25) is 0 Å². The van der Waals surface area contributed by atoms with E-state index in [0.717, 1.165) is 57.8 Å². The average molecular weight is 831 g/mol. The van der Waals surface area contributed by atoms with Gasteiger partial charge in [-0.2, -0.15) is 0 Å². The van der Waals surface area contributed by atoms with Crippen LogP contribution in [0.5, 0.6) is 0 Å². The van der Waals surface area contributed by atoms with Gasteiger partial charge in [0.05, 0.1) is 0 Å². The summed E-state index contributed by atoms with van der Waals surface area (Å²) in [7, 11) is 0. The van der Waals surface area contributed by atoms with Crippen molar-refractivity contribution in [1.29, 1.82) is 0 Å². The minimum Gasteiger partial charge on any atom is -0.462 e. The molecule has 334 valence electrons. The van der Waals surface area contributed by atoms with Gasteiger partial charge >= 0.3 is 35.8 Å². The van der Waals surface area contributed by atoms with E-state index in [1.165, 1.54) is 34.6 Å². The fraction of sp³-hybridized carbons (Fsp3) is 0.872. The highest BCUT2D eigenvalue weighted by Gasteiger charge is 2.75. The molecule has 5 saturated carbocycles. The van der Waals surface area contributed by atoms with Crippen LogP contribution in [0.15, 0.2) is 0 Å². The van der Waals surface area contributed by atoms with Crippen LogP contribution >= 0.6 is 0 Å². The number of fused-ring (bicyclic) bond motifs is 7. The van der Waals surface area contributed by atoms with E-state index in [1.807, 2.05) is 0 Å². The fourth-order valence-corrected chi connectivity index (χ4v) is 15.2. The Balaban J connectivity index is 1.45. The predicted molar refractivity (Wildman–Crippen MR) is 218 cm³/mol. The summed E-state index contributed by atoms with van der Waals surface area (Å²) < 4.78 is 35.0. The summed E-state index contributed by atoms with van der Waals surface area (Å²) in [6.07, 6.45) is 6.02. The number of hydrogen-bond acceptors (Lipinski definition) is 12. The van der Waals surface area contributed by atoms with Crippen molar-refractivity contribution in [2.45, 2.75) is 191 Å². The van der Waals surface area contributed by atoms with Gasteiger partial charge in [-0.15, -0.1) is 0 Å². The molecule has 3 unspecified atom stereocenters. The normalized spacial score (nSPS) is 38.9. The Morgan fingerprint density at radius 2 is 1.19 bits per heavy atom. The molecule has 12 nitrogen and oxygen atoms in total. The molecule has 0 amide bonds. The summed E-state index contributed by atoms with van der Waals surface area (Å²) in [5, 5.41) is 0. The highest BCUT2D eigenvalue weighted by Crippen LogP contribution is 2.78. The number of esters is 6. The summed E-state index contributed by atoms with van der Waals surface area (Å²) in [6, 6.07) is 0. The Kier molecular flexibility index (Phi) is 13.7. The fourth-order valence-electron chi connectivity index (χ4n) is 15.2. The zero-order chi connectivity index (χ0) is 44.0. The molecule has 0 aromatic rings. The lowest BCUT2D eigenvalue weighted by Gasteiger charge is -2.74. The first kappa shape index (κ1) is 46.9. The summed E-state index contributed by atoms with van der Waals surface area (Å²) in [6.45, 7) is 24.4. The van der Waals surface area contributed by atoms with Gasteiger partial charge in [-0.05, 0) is 115 Å². The summed E-state index contributed by atoms with van der Waals surface area (Å²) >= 11 is 0. The van der Waals surface area contributed by atoms with E-state index in [1.54, 1.807) is 6.92 Å². The number of carbonyl (C=O) groups excluding carboxylic acids is 6. The van der Waals surface area contributed by atoms with Gasteiger partial charge in [-0.25, -0.2) is 0 Å². The van der Waals surface area contributed by atoms with Crippen molar-refractivity contribution >= 4 is 35.8 Å². The van der Waals surface area contributed by atoms with Crippen LogP contribution in [0.4, 0.5) is 0 Å². The van der Waals surface area contributed by atoms with E-state index in [0.29, 0.717) is 24.7 Å². The molecule has 5 aliphatic carbocycles. The molecule has 5 fully saturated rings. The van der Waals surface area contributed by atoms with Gasteiger partial charge in [-0.1, -0.05) is 54.9 Å². The van der Waals surface area contributed by atoms with Crippen LogP contribution in [-0.2, 0) is 57.2 Å². The van der Waals surface area contributed by atoms with Crippen molar-refractivity contribution in [3.05, 3.63) is 0 Å². The third-order valence-electron chi connectivity index (χ3n) is 16.9. The first-order valence-electron chi connectivity index (χ1n) is 22.3. The molecule has 0 bridgehead atoms. The van der Waals surface area contributed by atoms with Crippen LogP contribution in [0.25, 0.3) is 0 Å². The molecule has 15 atom stereocenters. The summed E-state index contributed by atoms with van der Waals surface area (Å²) in [5.74, 6) is -1.47. The lowest BCUT2D eigenvalue weighted by Crippen LogP contribution is -2.72. The van der Waals surface area contributed by atoms with E-state index in [4.69, 9.17) is 28.4 Å². The zero-order valence-electron chi connectivity index (χ0n) is 38.2. The van der Waals surface area contributed by atoms with Gasteiger partial charge in [0.25, 0.3) is 0 Å². The Hall–Kier alpha value is -3.18. The lowest BCUT2D eigenvalue weighted by atomic mass is 9.31. The Labute approximate surface area is 352 Å². The second-order valence-electron chi connectivity index (χ2n) is 21.0. The molecule has 0 aromatic heterocycles. The number of rotatable bonds is 13. The molecule has 0 saturated heterocycles. The smallest absolute Gasteiger partial charge is 0.303 e. The highest BCUT2D eigenvalue weighted by atomic mass is 16.6. The summed E-state index contributed by atoms with van der Waals surface area (Å²) in [4.78, 5) is 74.6. The van der Waals surface area contributed by atoms with Crippen molar-refractivity contribution in [3.8, 4) is 0 Å². The van der Waals surface area contributed by atoms with Crippen LogP contribution in [0, 0.1) is 62.6 Å². The van der Waals surface area contributed by atoms with E-state index in [9.17, 15) is 28.8 Å². The van der Waals surface area contributed by atoms with Crippen LogP contribution in [0.1, 0.15) is 161 Å². The van der Waals surface area contributed by atoms with Crippen LogP contribution in [0.2, 0.25) is 0 Å². The quantitative estimate of drug-likeness (QED) is 0.129. The monoisotopic (exact) mass is 831 g/mol. The van der Waals surface area contributed by atoms with E-state index in [2.05, 4.69) is 48.5 Å². The minimum absolute atomic E-state index is 0.0399. The van der Waals surface area contributed by atoms with Crippen molar-refractivity contribution < 1.29 is 57.2 Å². The Bertz CT molecular complexity index is 1620. The van der Waals surface area contributed by atoms with Gasteiger partial charge in [0, 0.05) is 53.4 Å². The molecule has 0 spiro atoms. The van der Waals surface area contributed by atoms with Crippen molar-refractivity contribution in [3.63, 3.8) is 0 Å². The third-order valence-corrected chi connectivity index (χ3v) is 16.9. The summed E-state index contributed by atoms with van der Waals surface area (Å²) in [5.41, 5.74) is -0.639. The Morgan fingerprint density at radius 3 is 1.76 bits per heavy atom. The van der Waals surface area contributed by atoms with Gasteiger partial charge in [0.1, 0.15) is 24.9 Å². The number of carbonyl (C=O) groups is 6. The molecule has 0 N–H and O–H groups in total. The molecule has 5 aliphatic rings. The first-order valence-corrected chi connectivity index (χ1v) is 22.3. The maximum atomic E-state index is 13.0. The Morgan fingerprint density at radius 1 is 0.593 bits per heavy atom. The molecule has 0 radical (unpaired) electrons. The van der Waals surface area contributed by atoms with Crippen molar-refractivity contribution in [2.24, 2.45) is 62.6 Å². The number of hydrogen-bond donors (Lipinski definition) is 0. The van der Waals surface area contributed by atoms with Crippen LogP contribution < -0.4 is 0 Å².